The van der Waals surface area contributed by atoms with Crippen LogP contribution in [0.15, 0.2) is 0 Å². The topological polar surface area (TPSA) is 52.9 Å². The van der Waals surface area contributed by atoms with Crippen molar-refractivity contribution in [3.63, 3.8) is 0 Å². The second-order valence-corrected chi connectivity index (χ2v) is 4.59. The molecule has 0 aromatic rings. The minimum absolute atomic E-state index is 0.101. The smallest absolute Gasteiger partial charge is 0.388 e. The summed E-state index contributed by atoms with van der Waals surface area (Å²) in [7, 11) is 1.45. The zero-order valence-electron chi connectivity index (χ0n) is 9.70. The maximum Gasteiger partial charge on any atom is 0.415 e. The molecule has 7 heteroatoms. The molecule has 1 aliphatic heterocycles. The van der Waals surface area contributed by atoms with E-state index in [1.807, 2.05) is 0 Å². The first-order valence-electron chi connectivity index (χ1n) is 5.46. The summed E-state index contributed by atoms with van der Waals surface area (Å²) in [6.45, 7) is 0.383. The third-order valence-corrected chi connectivity index (χ3v) is 2.85. The first kappa shape index (κ1) is 14.7. The summed E-state index contributed by atoms with van der Waals surface area (Å²) in [4.78, 5) is 1.30. The predicted molar refractivity (Wildman–Crippen MR) is 54.6 cm³/mol. The average Bonchev–Trinajstić information content (AvgIpc) is 2.15. The van der Waals surface area contributed by atoms with Gasteiger partial charge in [0.15, 0.2) is 6.10 Å². The molecule has 0 amide bonds. The van der Waals surface area contributed by atoms with Crippen molar-refractivity contribution in [3.05, 3.63) is 0 Å². The second kappa shape index (κ2) is 5.51. The zero-order valence-corrected chi connectivity index (χ0v) is 9.70. The molecule has 0 aromatic carbocycles. The molecule has 0 bridgehead atoms. The van der Waals surface area contributed by atoms with Crippen molar-refractivity contribution >= 4 is 0 Å². The van der Waals surface area contributed by atoms with Gasteiger partial charge in [0.2, 0.25) is 0 Å². The van der Waals surface area contributed by atoms with Gasteiger partial charge in [-0.25, -0.2) is 0 Å². The largest absolute Gasteiger partial charge is 0.415 e. The second-order valence-electron chi connectivity index (χ2n) is 4.59. The summed E-state index contributed by atoms with van der Waals surface area (Å²) < 4.78 is 41.4. The van der Waals surface area contributed by atoms with Gasteiger partial charge in [-0.2, -0.15) is 13.2 Å². The van der Waals surface area contributed by atoms with E-state index in [4.69, 9.17) is 9.84 Å². The van der Waals surface area contributed by atoms with Gasteiger partial charge in [-0.3, -0.25) is 0 Å². The molecule has 2 N–H and O–H groups in total. The van der Waals surface area contributed by atoms with Gasteiger partial charge < -0.3 is 19.8 Å². The van der Waals surface area contributed by atoms with Gasteiger partial charge in [-0.15, -0.1) is 0 Å². The fraction of sp³-hybridized carbons (Fsp3) is 1.00. The molecule has 1 fully saturated rings. The molecule has 4 nitrogen and oxygen atoms in total. The van der Waals surface area contributed by atoms with Crippen LogP contribution in [0.4, 0.5) is 13.2 Å². The first-order chi connectivity index (χ1) is 7.73. The highest BCUT2D eigenvalue weighted by molar-refractivity contribution is 4.85. The van der Waals surface area contributed by atoms with Crippen LogP contribution < -0.4 is 0 Å². The van der Waals surface area contributed by atoms with E-state index in [-0.39, 0.29) is 6.54 Å². The fourth-order valence-corrected chi connectivity index (χ4v) is 1.88. The van der Waals surface area contributed by atoms with Crippen LogP contribution in [0.2, 0.25) is 0 Å². The van der Waals surface area contributed by atoms with Crippen molar-refractivity contribution in [2.24, 2.45) is 0 Å². The number of alkyl halides is 3. The minimum atomic E-state index is -4.62. The predicted octanol–water partition coefficient (Wildman–Crippen LogP) is 0.383. The van der Waals surface area contributed by atoms with Crippen molar-refractivity contribution < 1.29 is 28.1 Å². The summed E-state index contributed by atoms with van der Waals surface area (Å²) in [6.07, 6.45) is -6.19. The summed E-state index contributed by atoms with van der Waals surface area (Å²) >= 11 is 0. The molecule has 1 atom stereocenters. The number of halogens is 3. The third-order valence-electron chi connectivity index (χ3n) is 2.85. The molecule has 1 rings (SSSR count). The van der Waals surface area contributed by atoms with Crippen molar-refractivity contribution in [3.8, 4) is 0 Å². The average molecular weight is 257 g/mol. The van der Waals surface area contributed by atoms with E-state index in [1.54, 1.807) is 0 Å². The number of hydrogen-bond acceptors (Lipinski definition) is 4. The van der Waals surface area contributed by atoms with Crippen molar-refractivity contribution in [1.29, 1.82) is 0 Å². The van der Waals surface area contributed by atoms with Crippen LogP contribution in [0.3, 0.4) is 0 Å². The normalized spacial score (nSPS) is 22.8. The van der Waals surface area contributed by atoms with E-state index in [9.17, 15) is 18.3 Å². The molecule has 1 heterocycles. The van der Waals surface area contributed by atoms with Crippen molar-refractivity contribution in [2.75, 3.05) is 33.4 Å². The highest BCUT2D eigenvalue weighted by atomic mass is 19.4. The Labute approximate surface area is 98.0 Å². The first-order valence-corrected chi connectivity index (χ1v) is 5.46. The Morgan fingerprint density at radius 2 is 1.88 bits per heavy atom. The summed E-state index contributed by atoms with van der Waals surface area (Å²) in [5.41, 5.74) is -1.02. The molecule has 102 valence electrons. The van der Waals surface area contributed by atoms with E-state index >= 15 is 0 Å². The van der Waals surface area contributed by atoms with Gasteiger partial charge in [-0.05, 0) is 7.05 Å². The molecule has 1 aliphatic rings. The molecule has 17 heavy (non-hydrogen) atoms. The standard InChI is InChI=1S/C10H18F3NO3/c1-14(6-8(15)10(11,12)13)7-9(16)2-4-17-5-3-9/h8,15-16H,2-7H2,1H3. The zero-order chi connectivity index (χ0) is 13.1. The van der Waals surface area contributed by atoms with Crippen LogP contribution in [0, 0.1) is 0 Å². The lowest BCUT2D eigenvalue weighted by atomic mass is 9.94. The summed E-state index contributed by atoms with van der Waals surface area (Å²) in [5, 5.41) is 19.0. The molecule has 1 saturated heterocycles. The van der Waals surface area contributed by atoms with Gasteiger partial charge in [0.1, 0.15) is 0 Å². The molecule has 0 aromatic heterocycles. The lowest BCUT2D eigenvalue weighted by Gasteiger charge is -2.36. The lowest BCUT2D eigenvalue weighted by Crippen LogP contribution is -2.49. The third kappa shape index (κ3) is 4.79. The van der Waals surface area contributed by atoms with Crippen LogP contribution in [-0.2, 0) is 4.74 Å². The number of ether oxygens (including phenoxy) is 1. The Bertz CT molecular complexity index is 241. The van der Waals surface area contributed by atoms with E-state index in [0.717, 1.165) is 0 Å². The van der Waals surface area contributed by atoms with Crippen LogP contribution in [-0.4, -0.2) is 66.3 Å². The fourth-order valence-electron chi connectivity index (χ4n) is 1.88. The maximum absolute atomic E-state index is 12.1. The van der Waals surface area contributed by atoms with E-state index in [1.165, 1.54) is 11.9 Å². The Balaban J connectivity index is 2.40. The van der Waals surface area contributed by atoms with Crippen molar-refractivity contribution in [2.45, 2.75) is 30.7 Å². The molecular formula is C10H18F3NO3. The molecule has 0 aliphatic carbocycles. The van der Waals surface area contributed by atoms with Gasteiger partial charge in [0.05, 0.1) is 5.60 Å². The van der Waals surface area contributed by atoms with Gasteiger partial charge in [-0.1, -0.05) is 0 Å². The van der Waals surface area contributed by atoms with E-state index in [0.29, 0.717) is 26.1 Å². The molecule has 0 radical (unpaired) electrons. The lowest BCUT2D eigenvalue weighted by molar-refractivity contribution is -0.209. The highest BCUT2D eigenvalue weighted by Gasteiger charge is 2.40. The number of nitrogens with zero attached hydrogens (tertiary/aromatic N) is 1. The van der Waals surface area contributed by atoms with Crippen LogP contribution in [0.1, 0.15) is 12.8 Å². The maximum atomic E-state index is 12.1. The van der Waals surface area contributed by atoms with Crippen molar-refractivity contribution in [1.82, 2.24) is 4.90 Å². The summed E-state index contributed by atoms with van der Waals surface area (Å²) in [5.74, 6) is 0. The molecule has 0 saturated carbocycles. The van der Waals surface area contributed by atoms with Crippen LogP contribution in [0.25, 0.3) is 0 Å². The Kier molecular flexibility index (Phi) is 4.77. The Morgan fingerprint density at radius 3 is 2.35 bits per heavy atom. The highest BCUT2D eigenvalue weighted by Crippen LogP contribution is 2.23. The minimum Gasteiger partial charge on any atom is -0.388 e. The molecule has 0 spiro atoms. The Hall–Kier alpha value is -0.370. The van der Waals surface area contributed by atoms with Gasteiger partial charge in [0, 0.05) is 39.1 Å². The molecule has 1 unspecified atom stereocenters. The van der Waals surface area contributed by atoms with E-state index in [2.05, 4.69) is 0 Å². The number of aliphatic hydroxyl groups is 2. The Morgan fingerprint density at radius 1 is 1.35 bits per heavy atom. The number of rotatable bonds is 4. The number of aliphatic hydroxyl groups excluding tert-OH is 1. The monoisotopic (exact) mass is 257 g/mol. The summed E-state index contributed by atoms with van der Waals surface area (Å²) in [6, 6.07) is 0. The van der Waals surface area contributed by atoms with Gasteiger partial charge >= 0.3 is 6.18 Å². The quantitative estimate of drug-likeness (QED) is 0.764. The van der Waals surface area contributed by atoms with Crippen LogP contribution >= 0.6 is 0 Å². The van der Waals surface area contributed by atoms with E-state index < -0.39 is 24.4 Å². The SMILES string of the molecule is CN(CC(O)C(F)(F)F)CC1(O)CCOCC1. The van der Waals surface area contributed by atoms with Crippen LogP contribution in [0.5, 0.6) is 0 Å². The number of hydrogen-bond donors (Lipinski definition) is 2. The number of likely N-dealkylation sites (N-methyl/N-ethyl adjacent to an activating group) is 1. The molecular weight excluding hydrogens is 239 g/mol. The van der Waals surface area contributed by atoms with Gasteiger partial charge in [0.25, 0.3) is 0 Å².